The van der Waals surface area contributed by atoms with Crippen molar-refractivity contribution in [3.63, 3.8) is 0 Å². The Kier molecular flexibility index (Phi) is 125. The zero-order chi connectivity index (χ0) is 2.71. The molecule has 0 saturated heterocycles. The molecule has 0 heterocycles. The number of hydrogen-bond acceptors (Lipinski definition) is 0. The fourth-order valence-corrected chi connectivity index (χ4v) is 0. The Balaban J connectivity index is -0.00000000667. The molecule has 0 aliphatic rings. The predicted octanol–water partition coefficient (Wildman–Crippen LogP) is -10.2. The molecule has 0 aliphatic carbocycles. The van der Waals surface area contributed by atoms with Crippen molar-refractivity contribution in [1.29, 1.82) is 0 Å². The largest absolute Gasteiger partial charge is 1.00 e. The van der Waals surface area contributed by atoms with E-state index < -0.39 is 0 Å². The highest BCUT2D eigenvalue weighted by molar-refractivity contribution is 3.35. The topological polar surface area (TPSA) is 16.6 Å². The van der Waals surface area contributed by atoms with Crippen molar-refractivity contribution in [2.75, 3.05) is 14.1 Å². The molecule has 1 nitrogen and oxygen atoms in total. The highest BCUT2D eigenvalue weighted by atomic mass is 127. The van der Waals surface area contributed by atoms with Crippen molar-refractivity contribution in [3.8, 4) is 0 Å². The number of rotatable bonds is 0. The van der Waals surface area contributed by atoms with Crippen molar-refractivity contribution in [2.45, 2.75) is 0 Å². The van der Waals surface area contributed by atoms with Crippen LogP contribution in [-0.4, -0.2) is 14.1 Å². The van der Waals surface area contributed by atoms with E-state index in [2.05, 4.69) is 0 Å². The zero-order valence-corrected chi connectivity index (χ0v) is 8.78. The van der Waals surface area contributed by atoms with E-state index in [0.717, 1.165) is 0 Å². The third-order valence-corrected chi connectivity index (χ3v) is 0. The molecule has 2 N–H and O–H groups in total. The van der Waals surface area contributed by atoms with Crippen molar-refractivity contribution < 1.29 is 65.7 Å². The number of halogens is 3. The predicted molar refractivity (Wildman–Crippen MR) is 13.8 cm³/mol. The van der Waals surface area contributed by atoms with E-state index in [-0.39, 0.29) is 60.4 Å². The fraction of sp³-hybridized carbons (Fsp3) is 1.00. The van der Waals surface area contributed by atoms with Crippen LogP contribution in [0, 0.1) is 0 Å². The van der Waals surface area contributed by atoms with E-state index in [1.54, 1.807) is 0 Å². The molecule has 0 rings (SSSR count). The van der Waals surface area contributed by atoms with Crippen LogP contribution < -0.4 is 65.7 Å². The summed E-state index contributed by atoms with van der Waals surface area (Å²) in [6.07, 6.45) is 0. The van der Waals surface area contributed by atoms with Crippen LogP contribution in [0.2, 0.25) is 0 Å². The maximum atomic E-state index is 2.00. The molecular formula is C2H8ClI2N-2. The van der Waals surface area contributed by atoms with Gasteiger partial charge in [0.2, 0.25) is 0 Å². The van der Waals surface area contributed by atoms with Crippen LogP contribution in [0.3, 0.4) is 0 Å². The van der Waals surface area contributed by atoms with E-state index in [1.807, 2.05) is 19.4 Å². The third kappa shape index (κ3) is 43.3. The Morgan fingerprint density at radius 1 is 1.00 bits per heavy atom. The van der Waals surface area contributed by atoms with Gasteiger partial charge in [-0.15, -0.1) is 0 Å². The highest BCUT2D eigenvalue weighted by Crippen LogP contribution is 0.586. The molecule has 0 aromatic carbocycles. The van der Waals surface area contributed by atoms with Gasteiger partial charge in [0.25, 0.3) is 0 Å². The summed E-state index contributed by atoms with van der Waals surface area (Å²) in [5.74, 6) is 0. The third-order valence-electron chi connectivity index (χ3n) is 0. The van der Waals surface area contributed by atoms with Crippen LogP contribution in [0.4, 0.5) is 0 Å². The van der Waals surface area contributed by atoms with Crippen molar-refractivity contribution in [2.24, 2.45) is 0 Å². The quantitative estimate of drug-likeness (QED) is 0.424. The summed E-state index contributed by atoms with van der Waals surface area (Å²) in [6.45, 7) is 0. The lowest BCUT2D eigenvalue weighted by Gasteiger charge is -1.57. The normalized spacial score (nSPS) is 3.00. The van der Waals surface area contributed by atoms with Gasteiger partial charge >= 0.3 is 0 Å². The summed E-state index contributed by atoms with van der Waals surface area (Å²) >= 11 is 0. The molecule has 0 amide bonds. The molecule has 0 spiro atoms. The Morgan fingerprint density at radius 2 is 1.00 bits per heavy atom. The lowest BCUT2D eigenvalue weighted by atomic mass is 11.3. The Labute approximate surface area is 79.1 Å². The van der Waals surface area contributed by atoms with Gasteiger partial charge < -0.3 is 65.7 Å². The molecular weight excluding hydrogens is 327 g/mol. The summed E-state index contributed by atoms with van der Waals surface area (Å²) < 4.78 is 0. The lowest BCUT2D eigenvalue weighted by molar-refractivity contribution is -0.597. The summed E-state index contributed by atoms with van der Waals surface area (Å²) in [4.78, 5) is 0. The summed E-state index contributed by atoms with van der Waals surface area (Å²) in [6, 6.07) is 0. The van der Waals surface area contributed by atoms with Crippen molar-refractivity contribution in [1.82, 2.24) is 0 Å². The maximum Gasteiger partial charge on any atom is 0.0647 e. The average molecular weight is 335 g/mol. The van der Waals surface area contributed by atoms with E-state index >= 15 is 0 Å². The van der Waals surface area contributed by atoms with E-state index in [4.69, 9.17) is 0 Å². The van der Waals surface area contributed by atoms with Crippen LogP contribution in [-0.2, 0) is 0 Å². The first kappa shape index (κ1) is 25.2. The van der Waals surface area contributed by atoms with Gasteiger partial charge in [0.05, 0.1) is 14.1 Å². The zero-order valence-electron chi connectivity index (χ0n) is 3.71. The minimum absolute atomic E-state index is 0. The SMILES string of the molecule is C[NH2+]C.[Cl-].[I-].[I-]. The van der Waals surface area contributed by atoms with Gasteiger partial charge in [-0.05, 0) is 0 Å². The smallest absolute Gasteiger partial charge is 0.0647 e. The standard InChI is InChI=1S/C2H7N.ClH.2HI/c1-3-2;;;/h3H,1-2H3;3*1H/p-2. The monoisotopic (exact) mass is 335 g/mol. The summed E-state index contributed by atoms with van der Waals surface area (Å²) in [5.41, 5.74) is 0. The Bertz CT molecular complexity index is 11.5. The number of quaternary nitrogens is 1. The van der Waals surface area contributed by atoms with Crippen molar-refractivity contribution >= 4 is 0 Å². The van der Waals surface area contributed by atoms with Gasteiger partial charge in [-0.1, -0.05) is 0 Å². The number of nitrogens with two attached hydrogens (primary N) is 1. The molecule has 0 aromatic rings. The highest BCUT2D eigenvalue weighted by Gasteiger charge is 1.29. The second-order valence-corrected chi connectivity index (χ2v) is 0.577. The Hall–Kier alpha value is 1.71. The van der Waals surface area contributed by atoms with E-state index in [1.165, 1.54) is 0 Å². The maximum absolute atomic E-state index is 2.00. The fourth-order valence-electron chi connectivity index (χ4n) is 0. The van der Waals surface area contributed by atoms with Crippen LogP contribution in [0.25, 0.3) is 0 Å². The van der Waals surface area contributed by atoms with Gasteiger partial charge in [-0.2, -0.15) is 0 Å². The molecule has 0 atom stereocenters. The molecule has 0 saturated carbocycles. The average Bonchev–Trinajstić information content (AvgIpc) is 0.918. The molecule has 0 unspecified atom stereocenters. The van der Waals surface area contributed by atoms with Gasteiger partial charge in [0.1, 0.15) is 0 Å². The second kappa shape index (κ2) is 29.8. The van der Waals surface area contributed by atoms with E-state index in [0.29, 0.717) is 0 Å². The van der Waals surface area contributed by atoms with Crippen LogP contribution >= 0.6 is 0 Å². The summed E-state index contributed by atoms with van der Waals surface area (Å²) in [5, 5.41) is 2.00. The molecule has 44 valence electrons. The molecule has 4 heteroatoms. The molecule has 0 radical (unpaired) electrons. The van der Waals surface area contributed by atoms with E-state index in [9.17, 15) is 0 Å². The number of hydrogen-bond donors (Lipinski definition) is 1. The van der Waals surface area contributed by atoms with Gasteiger partial charge in [-0.3, -0.25) is 0 Å². The van der Waals surface area contributed by atoms with Gasteiger partial charge in [0.15, 0.2) is 0 Å². The first-order valence-electron chi connectivity index (χ1n) is 1.15. The molecule has 6 heavy (non-hydrogen) atoms. The second-order valence-electron chi connectivity index (χ2n) is 0.577. The molecule has 0 aliphatic heterocycles. The molecule has 0 aromatic heterocycles. The molecule has 0 bridgehead atoms. The molecule has 0 fully saturated rings. The van der Waals surface area contributed by atoms with Crippen LogP contribution in [0.1, 0.15) is 0 Å². The first-order valence-corrected chi connectivity index (χ1v) is 1.15. The van der Waals surface area contributed by atoms with Crippen LogP contribution in [0.5, 0.6) is 0 Å². The first-order chi connectivity index (χ1) is 1.41. The minimum atomic E-state index is 0. The minimum Gasteiger partial charge on any atom is -1.00 e. The van der Waals surface area contributed by atoms with Gasteiger partial charge in [-0.25, -0.2) is 0 Å². The summed E-state index contributed by atoms with van der Waals surface area (Å²) in [7, 11) is 4.00. The van der Waals surface area contributed by atoms with Gasteiger partial charge in [0, 0.05) is 0 Å². The Morgan fingerprint density at radius 3 is 1.00 bits per heavy atom. The van der Waals surface area contributed by atoms with Crippen molar-refractivity contribution in [3.05, 3.63) is 0 Å². The van der Waals surface area contributed by atoms with Crippen LogP contribution in [0.15, 0.2) is 0 Å². The lowest BCUT2D eigenvalue weighted by Crippen LogP contribution is -3.00.